The van der Waals surface area contributed by atoms with Gasteiger partial charge < -0.3 is 4.74 Å². The normalized spacial score (nSPS) is 24.2. The third kappa shape index (κ3) is 4.18. The number of carbonyl (C=O) groups excluding carboxylic acids is 1. The van der Waals surface area contributed by atoms with Crippen LogP contribution in [0, 0.1) is 40.9 Å². The van der Waals surface area contributed by atoms with Crippen LogP contribution in [0.15, 0.2) is 36.4 Å². The molecule has 4 nitrogen and oxygen atoms in total. The number of nitrogens with zero attached hydrogens (tertiary/aromatic N) is 1. The molecule has 1 amide bonds. The van der Waals surface area contributed by atoms with Crippen molar-refractivity contribution < 1.29 is 9.53 Å². The van der Waals surface area contributed by atoms with Crippen molar-refractivity contribution in [1.82, 2.24) is 0 Å². The van der Waals surface area contributed by atoms with E-state index in [0.29, 0.717) is 18.2 Å². The van der Waals surface area contributed by atoms with Gasteiger partial charge in [0.05, 0.1) is 6.61 Å². The van der Waals surface area contributed by atoms with Gasteiger partial charge in [-0.1, -0.05) is 18.1 Å². The van der Waals surface area contributed by atoms with Crippen molar-refractivity contribution in [3.05, 3.63) is 42.0 Å². The second kappa shape index (κ2) is 7.70. The molecule has 3 rings (SSSR count). The third-order valence-corrected chi connectivity index (χ3v) is 4.81. The molecule has 2 aliphatic rings. The number of carbonyl (C=O) groups is 1. The van der Waals surface area contributed by atoms with Crippen molar-refractivity contribution >= 4 is 11.8 Å². The zero-order valence-corrected chi connectivity index (χ0v) is 13.5. The van der Waals surface area contributed by atoms with Gasteiger partial charge in [-0.25, -0.2) is 4.79 Å². The highest BCUT2D eigenvalue weighted by atomic mass is 16.5. The summed E-state index contributed by atoms with van der Waals surface area (Å²) in [5.74, 6) is 7.01. The predicted molar refractivity (Wildman–Crippen MR) is 92.0 cm³/mol. The van der Waals surface area contributed by atoms with Crippen molar-refractivity contribution in [2.45, 2.75) is 25.7 Å². The molecule has 0 aromatic heterocycles. The van der Waals surface area contributed by atoms with Gasteiger partial charge in [0.15, 0.2) is 6.07 Å². The molecule has 4 heteroatoms. The number of allylic oxidation sites excluding steroid dienone is 2. The molecule has 122 valence electrons. The summed E-state index contributed by atoms with van der Waals surface area (Å²) >= 11 is 0. The van der Waals surface area contributed by atoms with E-state index in [2.05, 4.69) is 29.3 Å². The van der Waals surface area contributed by atoms with Crippen LogP contribution < -0.4 is 5.32 Å². The van der Waals surface area contributed by atoms with E-state index in [9.17, 15) is 4.79 Å². The summed E-state index contributed by atoms with van der Waals surface area (Å²) in [4.78, 5) is 11.9. The lowest BCUT2D eigenvalue weighted by Crippen LogP contribution is -2.15. The Bertz CT molecular complexity index is 703. The maximum atomic E-state index is 11.9. The lowest BCUT2D eigenvalue weighted by molar-refractivity contribution is 0.152. The first kappa shape index (κ1) is 16.1. The summed E-state index contributed by atoms with van der Waals surface area (Å²) in [6, 6.07) is 8.79. The molecule has 2 unspecified atom stereocenters. The van der Waals surface area contributed by atoms with Crippen LogP contribution in [0.4, 0.5) is 10.5 Å². The predicted octanol–water partition coefficient (Wildman–Crippen LogP) is 4.10. The second-order valence-corrected chi connectivity index (χ2v) is 6.28. The third-order valence-electron chi connectivity index (χ3n) is 4.81. The molecule has 0 aliphatic heterocycles. The summed E-state index contributed by atoms with van der Waals surface area (Å²) in [5.41, 5.74) is 1.40. The summed E-state index contributed by atoms with van der Waals surface area (Å²) in [7, 11) is 0. The highest BCUT2D eigenvalue weighted by molar-refractivity contribution is 5.84. The van der Waals surface area contributed by atoms with Gasteiger partial charge in [-0.2, -0.15) is 5.26 Å². The molecular weight excluding hydrogens is 300 g/mol. The minimum absolute atomic E-state index is 0.414. The van der Waals surface area contributed by atoms with Gasteiger partial charge in [0.1, 0.15) is 0 Å². The van der Waals surface area contributed by atoms with Crippen LogP contribution >= 0.6 is 0 Å². The fraction of sp³-hybridized carbons (Fsp3) is 0.400. The smallest absolute Gasteiger partial charge is 0.411 e. The van der Waals surface area contributed by atoms with Crippen molar-refractivity contribution in [2.24, 2.45) is 17.8 Å². The van der Waals surface area contributed by atoms with Crippen molar-refractivity contribution in [3.63, 3.8) is 0 Å². The average Bonchev–Trinajstić information content (AvgIpc) is 3.22. The number of nitrogens with one attached hydrogen (secondary N) is 1. The first-order valence-corrected chi connectivity index (χ1v) is 8.37. The van der Waals surface area contributed by atoms with Crippen molar-refractivity contribution in [3.8, 4) is 17.9 Å². The number of hydrogen-bond donors (Lipinski definition) is 1. The molecule has 2 atom stereocenters. The van der Waals surface area contributed by atoms with E-state index in [1.165, 1.54) is 12.8 Å². The molecule has 1 N–H and O–H groups in total. The van der Waals surface area contributed by atoms with E-state index in [4.69, 9.17) is 10.00 Å². The zero-order valence-electron chi connectivity index (χ0n) is 13.5. The van der Waals surface area contributed by atoms with Crippen molar-refractivity contribution in [1.29, 1.82) is 5.26 Å². The average molecular weight is 320 g/mol. The van der Waals surface area contributed by atoms with E-state index in [1.807, 2.05) is 0 Å². The molecule has 0 bridgehead atoms. The van der Waals surface area contributed by atoms with Crippen molar-refractivity contribution in [2.75, 3.05) is 11.9 Å². The van der Waals surface area contributed by atoms with Gasteiger partial charge in [0.25, 0.3) is 0 Å². The van der Waals surface area contributed by atoms with Gasteiger partial charge in [-0.05, 0) is 67.7 Å². The highest BCUT2D eigenvalue weighted by Crippen LogP contribution is 2.52. The monoisotopic (exact) mass is 320 g/mol. The van der Waals surface area contributed by atoms with E-state index >= 15 is 0 Å². The largest absolute Gasteiger partial charge is 0.449 e. The standard InChI is InChI=1S/C20H20N2O2/c21-13-5-6-15-9-11-16(12-10-15)22-20(23)24-14-19-17-7-3-1-2-4-8-18(17)19/h1-2,9-12,17-19H,3-4,7-8,14H2,(H,22,23). The fourth-order valence-corrected chi connectivity index (χ4v) is 3.50. The molecular formula is C20H20N2O2. The van der Waals surface area contributed by atoms with Crippen LogP contribution in [0.5, 0.6) is 0 Å². The number of ether oxygens (including phenoxy) is 1. The highest BCUT2D eigenvalue weighted by Gasteiger charge is 2.49. The van der Waals surface area contributed by atoms with Gasteiger partial charge in [0.2, 0.25) is 0 Å². The van der Waals surface area contributed by atoms with Crippen LogP contribution in [0.3, 0.4) is 0 Å². The van der Waals surface area contributed by atoms with Crippen LogP contribution in [-0.2, 0) is 4.74 Å². The van der Waals surface area contributed by atoms with Crippen LogP contribution in [0.2, 0.25) is 0 Å². The lowest BCUT2D eigenvalue weighted by atomic mass is 10.1. The zero-order chi connectivity index (χ0) is 16.8. The molecule has 1 aromatic rings. The Balaban J connectivity index is 1.44. The summed E-state index contributed by atoms with van der Waals surface area (Å²) in [5, 5.41) is 11.1. The molecule has 0 spiro atoms. The number of amides is 1. The maximum Gasteiger partial charge on any atom is 0.411 e. The molecule has 0 saturated heterocycles. The Kier molecular flexibility index (Phi) is 5.18. The molecule has 2 aliphatic carbocycles. The molecule has 24 heavy (non-hydrogen) atoms. The molecule has 0 radical (unpaired) electrons. The number of hydrogen-bond acceptors (Lipinski definition) is 3. The fourth-order valence-electron chi connectivity index (χ4n) is 3.50. The Morgan fingerprint density at radius 2 is 1.83 bits per heavy atom. The Morgan fingerprint density at radius 3 is 2.46 bits per heavy atom. The minimum atomic E-state index is -0.414. The summed E-state index contributed by atoms with van der Waals surface area (Å²) in [6.45, 7) is 0.507. The molecule has 0 heterocycles. The summed E-state index contributed by atoms with van der Waals surface area (Å²) < 4.78 is 5.40. The van der Waals surface area contributed by atoms with Gasteiger partial charge in [0, 0.05) is 17.2 Å². The minimum Gasteiger partial charge on any atom is -0.449 e. The number of benzene rings is 1. The number of anilines is 1. The quantitative estimate of drug-likeness (QED) is 0.673. The lowest BCUT2D eigenvalue weighted by Gasteiger charge is -2.07. The van der Waals surface area contributed by atoms with Gasteiger partial charge in [-0.3, -0.25) is 5.32 Å². The van der Waals surface area contributed by atoms with Crippen LogP contribution in [0.25, 0.3) is 0 Å². The van der Waals surface area contributed by atoms with E-state index < -0.39 is 6.09 Å². The maximum absolute atomic E-state index is 11.9. The number of rotatable bonds is 3. The van der Waals surface area contributed by atoms with Crippen LogP contribution in [0.1, 0.15) is 31.2 Å². The van der Waals surface area contributed by atoms with E-state index in [1.54, 1.807) is 30.3 Å². The Labute approximate surface area is 142 Å². The SMILES string of the molecule is N#CC#Cc1ccc(NC(=O)OCC2C3CCC=CCCC32)cc1. The van der Waals surface area contributed by atoms with E-state index in [0.717, 1.165) is 30.2 Å². The first-order chi connectivity index (χ1) is 11.8. The summed E-state index contributed by atoms with van der Waals surface area (Å²) in [6.07, 6.45) is 8.83. The number of fused-ring (bicyclic) bond motifs is 1. The van der Waals surface area contributed by atoms with E-state index in [-0.39, 0.29) is 0 Å². The first-order valence-electron chi connectivity index (χ1n) is 8.37. The second-order valence-electron chi connectivity index (χ2n) is 6.28. The topological polar surface area (TPSA) is 62.1 Å². The Morgan fingerprint density at radius 1 is 1.17 bits per heavy atom. The van der Waals surface area contributed by atoms with Gasteiger partial charge in [-0.15, -0.1) is 0 Å². The molecule has 1 saturated carbocycles. The van der Waals surface area contributed by atoms with Crippen LogP contribution in [-0.4, -0.2) is 12.7 Å². The molecule has 1 aromatic carbocycles. The molecule has 1 fully saturated rings. The number of nitriles is 1. The van der Waals surface area contributed by atoms with Gasteiger partial charge >= 0.3 is 6.09 Å². The Hall–Kier alpha value is -2.72.